The molecule has 1 aromatic rings. The van der Waals surface area contributed by atoms with Crippen LogP contribution in [-0.4, -0.2) is 41.0 Å². The topological polar surface area (TPSA) is 84.9 Å². The van der Waals surface area contributed by atoms with Crippen LogP contribution in [0.15, 0.2) is 24.3 Å². The minimum absolute atomic E-state index is 0.200. The first-order valence-electron chi connectivity index (χ1n) is 8.53. The highest BCUT2D eigenvalue weighted by molar-refractivity contribution is 6.07. The first kappa shape index (κ1) is 16.1. The van der Waals surface area contributed by atoms with E-state index in [9.17, 15) is 14.4 Å². The standard InChI is InChI=1S/C18H20N2O5/c1-9-4-3-5-11(8-9)24-10(2)16(21)19-20-17(22)14-12-6-7-13(25-12)15(14)18(20)23/h3-5,8,10,12-15H,6-7H2,1-2H3,(H,19,21)/t10-,12-,13-,14+,15+/m1/s1. The van der Waals surface area contributed by atoms with Crippen molar-refractivity contribution < 1.29 is 23.9 Å². The lowest BCUT2D eigenvalue weighted by Gasteiger charge is -2.21. The molecule has 3 saturated heterocycles. The zero-order valence-corrected chi connectivity index (χ0v) is 14.1. The fourth-order valence-corrected chi connectivity index (χ4v) is 3.97. The Hall–Kier alpha value is -2.41. The van der Waals surface area contributed by atoms with Gasteiger partial charge in [-0.25, -0.2) is 0 Å². The summed E-state index contributed by atoms with van der Waals surface area (Å²) in [6, 6.07) is 7.33. The number of nitrogens with zero attached hydrogens (tertiary/aromatic N) is 1. The Morgan fingerprint density at radius 3 is 2.48 bits per heavy atom. The lowest BCUT2D eigenvalue weighted by Crippen LogP contribution is -2.51. The largest absolute Gasteiger partial charge is 0.481 e. The van der Waals surface area contributed by atoms with Gasteiger partial charge in [-0.05, 0) is 44.4 Å². The molecule has 25 heavy (non-hydrogen) atoms. The third-order valence-corrected chi connectivity index (χ3v) is 5.18. The first-order valence-corrected chi connectivity index (χ1v) is 8.53. The molecule has 0 saturated carbocycles. The molecule has 3 fully saturated rings. The number of benzene rings is 1. The second-order valence-electron chi connectivity index (χ2n) is 6.91. The van der Waals surface area contributed by atoms with Crippen LogP contribution in [0.3, 0.4) is 0 Å². The van der Waals surface area contributed by atoms with Crippen molar-refractivity contribution >= 4 is 17.7 Å². The van der Waals surface area contributed by atoms with Gasteiger partial charge in [0.1, 0.15) is 5.75 Å². The molecule has 1 N–H and O–H groups in total. The van der Waals surface area contributed by atoms with Crippen LogP contribution in [0.2, 0.25) is 0 Å². The molecular formula is C18H20N2O5. The fourth-order valence-electron chi connectivity index (χ4n) is 3.97. The number of rotatable bonds is 4. The van der Waals surface area contributed by atoms with E-state index < -0.39 is 23.8 Å². The summed E-state index contributed by atoms with van der Waals surface area (Å²) in [6.07, 6.45) is 0.346. The van der Waals surface area contributed by atoms with Crippen molar-refractivity contribution in [2.75, 3.05) is 0 Å². The molecule has 132 valence electrons. The van der Waals surface area contributed by atoms with Crippen LogP contribution in [0.5, 0.6) is 5.75 Å². The van der Waals surface area contributed by atoms with E-state index in [4.69, 9.17) is 9.47 Å². The molecule has 3 aliphatic heterocycles. The molecule has 7 heteroatoms. The molecule has 0 spiro atoms. The van der Waals surface area contributed by atoms with E-state index in [0.29, 0.717) is 5.75 Å². The van der Waals surface area contributed by atoms with Gasteiger partial charge in [-0.3, -0.25) is 19.8 Å². The van der Waals surface area contributed by atoms with Crippen molar-refractivity contribution in [2.24, 2.45) is 11.8 Å². The Morgan fingerprint density at radius 2 is 1.88 bits per heavy atom. The maximum absolute atomic E-state index is 12.5. The third kappa shape index (κ3) is 2.59. The van der Waals surface area contributed by atoms with Crippen LogP contribution in [0.1, 0.15) is 25.3 Å². The summed E-state index contributed by atoms with van der Waals surface area (Å²) in [5.41, 5.74) is 3.44. The quantitative estimate of drug-likeness (QED) is 0.822. The molecule has 2 bridgehead atoms. The highest BCUT2D eigenvalue weighted by atomic mass is 16.5. The van der Waals surface area contributed by atoms with E-state index in [2.05, 4.69) is 5.43 Å². The van der Waals surface area contributed by atoms with Crippen molar-refractivity contribution in [3.8, 4) is 5.75 Å². The molecule has 0 aliphatic carbocycles. The number of hydrogen-bond donors (Lipinski definition) is 1. The van der Waals surface area contributed by atoms with E-state index in [1.807, 2.05) is 25.1 Å². The van der Waals surface area contributed by atoms with Crippen molar-refractivity contribution in [3.63, 3.8) is 0 Å². The first-order chi connectivity index (χ1) is 12.0. The molecule has 1 aromatic carbocycles. The SMILES string of the molecule is Cc1cccc(O[C@H](C)C(=O)NN2C(=O)[C@@H]3[C@@H](C2=O)[C@H]2CC[C@H]3O2)c1. The molecule has 4 rings (SSSR count). The smallest absolute Gasteiger partial charge is 0.279 e. The van der Waals surface area contributed by atoms with Crippen LogP contribution in [-0.2, 0) is 19.1 Å². The summed E-state index contributed by atoms with van der Waals surface area (Å²) in [4.78, 5) is 37.4. The molecule has 5 atom stereocenters. The molecule has 3 amide bonds. The van der Waals surface area contributed by atoms with Crippen molar-refractivity contribution in [2.45, 2.75) is 45.0 Å². The van der Waals surface area contributed by atoms with Crippen molar-refractivity contribution in [1.82, 2.24) is 10.4 Å². The zero-order chi connectivity index (χ0) is 17.7. The lowest BCUT2D eigenvalue weighted by atomic mass is 9.81. The summed E-state index contributed by atoms with van der Waals surface area (Å²) < 4.78 is 11.3. The third-order valence-electron chi connectivity index (χ3n) is 5.18. The van der Waals surface area contributed by atoms with Gasteiger partial charge in [0.05, 0.1) is 24.0 Å². The average molecular weight is 344 g/mol. The maximum Gasteiger partial charge on any atom is 0.279 e. The normalized spacial score (nSPS) is 31.2. The second kappa shape index (κ2) is 5.84. The number of hydrazine groups is 1. The number of carbonyl (C=O) groups excluding carboxylic acids is 3. The molecule has 3 heterocycles. The number of nitrogens with one attached hydrogen (secondary N) is 1. The van der Waals surface area contributed by atoms with Gasteiger partial charge in [0.25, 0.3) is 17.7 Å². The van der Waals surface area contributed by atoms with Gasteiger partial charge in [-0.2, -0.15) is 5.01 Å². The van der Waals surface area contributed by atoms with Gasteiger partial charge in [-0.1, -0.05) is 12.1 Å². The lowest BCUT2D eigenvalue weighted by molar-refractivity contribution is -0.153. The number of carbonyl (C=O) groups is 3. The molecule has 7 nitrogen and oxygen atoms in total. The van der Waals surface area contributed by atoms with Gasteiger partial charge in [0.2, 0.25) is 0 Å². The zero-order valence-electron chi connectivity index (χ0n) is 14.1. The van der Waals surface area contributed by atoms with Gasteiger partial charge in [-0.15, -0.1) is 0 Å². The van der Waals surface area contributed by atoms with Gasteiger partial charge >= 0.3 is 0 Å². The maximum atomic E-state index is 12.5. The Morgan fingerprint density at radius 1 is 1.24 bits per heavy atom. The highest BCUT2D eigenvalue weighted by Crippen LogP contribution is 2.48. The monoisotopic (exact) mass is 344 g/mol. The van der Waals surface area contributed by atoms with E-state index in [-0.39, 0.29) is 24.0 Å². The number of amides is 3. The summed E-state index contributed by atoms with van der Waals surface area (Å²) >= 11 is 0. The molecule has 3 aliphatic rings. The van der Waals surface area contributed by atoms with E-state index in [1.165, 1.54) is 0 Å². The summed E-state index contributed by atoms with van der Waals surface area (Å²) in [6.45, 7) is 3.50. The fraction of sp³-hybridized carbons (Fsp3) is 0.500. The number of ether oxygens (including phenoxy) is 2. The van der Waals surface area contributed by atoms with Gasteiger partial charge in [0.15, 0.2) is 6.10 Å². The Labute approximate surface area is 145 Å². The van der Waals surface area contributed by atoms with Gasteiger partial charge in [0, 0.05) is 0 Å². The van der Waals surface area contributed by atoms with E-state index >= 15 is 0 Å². The summed E-state index contributed by atoms with van der Waals surface area (Å²) in [5, 5.41) is 0.863. The predicted molar refractivity (Wildman–Crippen MR) is 86.1 cm³/mol. The number of hydrogen-bond acceptors (Lipinski definition) is 5. The highest BCUT2D eigenvalue weighted by Gasteiger charge is 2.63. The predicted octanol–water partition coefficient (Wildman–Crippen LogP) is 0.956. The Kier molecular flexibility index (Phi) is 3.76. The van der Waals surface area contributed by atoms with Crippen LogP contribution >= 0.6 is 0 Å². The van der Waals surface area contributed by atoms with Crippen LogP contribution in [0.25, 0.3) is 0 Å². The van der Waals surface area contributed by atoms with Crippen LogP contribution in [0.4, 0.5) is 0 Å². The van der Waals surface area contributed by atoms with Crippen molar-refractivity contribution in [3.05, 3.63) is 29.8 Å². The van der Waals surface area contributed by atoms with E-state index in [1.54, 1.807) is 13.0 Å². The number of imide groups is 1. The van der Waals surface area contributed by atoms with Gasteiger partial charge < -0.3 is 9.47 Å². The molecular weight excluding hydrogens is 324 g/mol. The average Bonchev–Trinajstić information content (AvgIpc) is 3.24. The Balaban J connectivity index is 1.42. The minimum Gasteiger partial charge on any atom is -0.481 e. The Bertz CT molecular complexity index is 721. The van der Waals surface area contributed by atoms with Crippen LogP contribution in [0, 0.1) is 18.8 Å². The molecule has 0 aromatic heterocycles. The second-order valence-corrected chi connectivity index (χ2v) is 6.91. The summed E-state index contributed by atoms with van der Waals surface area (Å²) in [7, 11) is 0. The molecule has 0 radical (unpaired) electrons. The number of aryl methyl sites for hydroxylation is 1. The molecule has 0 unspecified atom stereocenters. The van der Waals surface area contributed by atoms with E-state index in [0.717, 1.165) is 23.4 Å². The van der Waals surface area contributed by atoms with Crippen LogP contribution < -0.4 is 10.2 Å². The number of fused-ring (bicyclic) bond motifs is 5. The summed E-state index contributed by atoms with van der Waals surface area (Å²) in [5.74, 6) is -1.64. The van der Waals surface area contributed by atoms with Crippen molar-refractivity contribution in [1.29, 1.82) is 0 Å². The minimum atomic E-state index is -0.837.